The fourth-order valence-corrected chi connectivity index (χ4v) is 2.63. The highest BCUT2D eigenvalue weighted by Gasteiger charge is 2.29. The maximum atomic E-state index is 12.4. The molecule has 2 saturated heterocycles. The Bertz CT molecular complexity index is 334. The summed E-state index contributed by atoms with van der Waals surface area (Å²) in [5.74, 6) is 0.262. The molecule has 108 valence electrons. The van der Waals surface area contributed by atoms with Gasteiger partial charge in [0.1, 0.15) is 0 Å². The van der Waals surface area contributed by atoms with Crippen LogP contribution in [-0.4, -0.2) is 85.0 Å². The van der Waals surface area contributed by atoms with Gasteiger partial charge in [-0.1, -0.05) is 0 Å². The smallest absolute Gasteiger partial charge is 0.239 e. The topological polar surface area (TPSA) is 53.1 Å². The van der Waals surface area contributed by atoms with E-state index in [0.717, 1.165) is 13.1 Å². The molecule has 2 heterocycles. The van der Waals surface area contributed by atoms with Gasteiger partial charge in [0.15, 0.2) is 0 Å². The largest absolute Gasteiger partial charge is 0.379 e. The number of carbonyl (C=O) groups is 2. The van der Waals surface area contributed by atoms with Crippen molar-refractivity contribution in [2.45, 2.75) is 19.9 Å². The molecule has 0 aromatic rings. The molecule has 6 nitrogen and oxygen atoms in total. The van der Waals surface area contributed by atoms with Crippen molar-refractivity contribution in [2.75, 3.05) is 52.5 Å². The van der Waals surface area contributed by atoms with Crippen molar-refractivity contribution >= 4 is 11.8 Å². The van der Waals surface area contributed by atoms with Gasteiger partial charge in [0.25, 0.3) is 0 Å². The molecule has 1 atom stereocenters. The van der Waals surface area contributed by atoms with Gasteiger partial charge in [-0.3, -0.25) is 14.5 Å². The molecule has 0 radical (unpaired) electrons. The number of morpholine rings is 1. The summed E-state index contributed by atoms with van der Waals surface area (Å²) >= 11 is 0. The number of rotatable bonds is 2. The minimum atomic E-state index is -0.0900. The van der Waals surface area contributed by atoms with Crippen molar-refractivity contribution in [1.29, 1.82) is 0 Å². The number of amides is 2. The summed E-state index contributed by atoms with van der Waals surface area (Å²) in [6.07, 6.45) is 0. The second-order valence-electron chi connectivity index (χ2n) is 5.16. The molecule has 19 heavy (non-hydrogen) atoms. The molecule has 2 aliphatic heterocycles. The minimum Gasteiger partial charge on any atom is -0.379 e. The van der Waals surface area contributed by atoms with Crippen molar-refractivity contribution < 1.29 is 14.3 Å². The summed E-state index contributed by atoms with van der Waals surface area (Å²) in [4.78, 5) is 29.5. The van der Waals surface area contributed by atoms with Crippen molar-refractivity contribution in [3.8, 4) is 0 Å². The van der Waals surface area contributed by atoms with Crippen molar-refractivity contribution in [1.82, 2.24) is 14.7 Å². The zero-order chi connectivity index (χ0) is 13.8. The van der Waals surface area contributed by atoms with Crippen LogP contribution in [0.25, 0.3) is 0 Å². The zero-order valence-corrected chi connectivity index (χ0v) is 11.8. The predicted molar refractivity (Wildman–Crippen MR) is 70.7 cm³/mol. The summed E-state index contributed by atoms with van der Waals surface area (Å²) in [6, 6.07) is -0.0900. The lowest BCUT2D eigenvalue weighted by atomic mass is 10.2. The fourth-order valence-electron chi connectivity index (χ4n) is 2.63. The van der Waals surface area contributed by atoms with E-state index >= 15 is 0 Å². The maximum absolute atomic E-state index is 12.4. The SMILES string of the molecule is CC(=O)N1CCN(C(=O)C(C)N2CCOCC2)CC1. The van der Waals surface area contributed by atoms with E-state index in [1.165, 1.54) is 0 Å². The summed E-state index contributed by atoms with van der Waals surface area (Å²) < 4.78 is 5.30. The van der Waals surface area contributed by atoms with Crippen LogP contribution in [0.15, 0.2) is 0 Å². The molecule has 1 unspecified atom stereocenters. The molecule has 0 saturated carbocycles. The first kappa shape index (κ1) is 14.3. The number of hydrogen-bond acceptors (Lipinski definition) is 4. The van der Waals surface area contributed by atoms with Gasteiger partial charge in [0, 0.05) is 46.2 Å². The first-order chi connectivity index (χ1) is 9.09. The van der Waals surface area contributed by atoms with E-state index in [1.54, 1.807) is 11.8 Å². The third-order valence-corrected chi connectivity index (χ3v) is 3.99. The normalized spacial score (nSPS) is 23.3. The Morgan fingerprint density at radius 2 is 1.47 bits per heavy atom. The Labute approximate surface area is 114 Å². The van der Waals surface area contributed by atoms with E-state index in [2.05, 4.69) is 4.90 Å². The lowest BCUT2D eigenvalue weighted by molar-refractivity contribution is -0.143. The number of hydrogen-bond donors (Lipinski definition) is 0. The molecule has 0 N–H and O–H groups in total. The molecular formula is C13H23N3O3. The van der Waals surface area contributed by atoms with Crippen LogP contribution < -0.4 is 0 Å². The third kappa shape index (κ3) is 3.45. The molecule has 2 rings (SSSR count). The molecular weight excluding hydrogens is 246 g/mol. The number of ether oxygens (including phenoxy) is 1. The highest BCUT2D eigenvalue weighted by Crippen LogP contribution is 2.10. The predicted octanol–water partition coefficient (Wildman–Crippen LogP) is -0.602. The van der Waals surface area contributed by atoms with Crippen LogP contribution in [0.4, 0.5) is 0 Å². The molecule has 6 heteroatoms. The highest BCUT2D eigenvalue weighted by atomic mass is 16.5. The molecule has 0 spiro atoms. The quantitative estimate of drug-likeness (QED) is 0.671. The second kappa shape index (κ2) is 6.34. The van der Waals surface area contributed by atoms with Crippen LogP contribution >= 0.6 is 0 Å². The molecule has 0 aliphatic carbocycles. The van der Waals surface area contributed by atoms with E-state index in [4.69, 9.17) is 4.74 Å². The average molecular weight is 269 g/mol. The summed E-state index contributed by atoms with van der Waals surface area (Å²) in [7, 11) is 0. The van der Waals surface area contributed by atoms with Gasteiger partial charge in [-0.25, -0.2) is 0 Å². The van der Waals surface area contributed by atoms with Gasteiger partial charge in [-0.05, 0) is 6.92 Å². The maximum Gasteiger partial charge on any atom is 0.239 e. The van der Waals surface area contributed by atoms with Crippen LogP contribution in [0.5, 0.6) is 0 Å². The second-order valence-corrected chi connectivity index (χ2v) is 5.16. The minimum absolute atomic E-state index is 0.0900. The monoisotopic (exact) mass is 269 g/mol. The number of piperazine rings is 1. The number of nitrogens with zero attached hydrogens (tertiary/aromatic N) is 3. The number of carbonyl (C=O) groups excluding carboxylic acids is 2. The molecule has 0 bridgehead atoms. The lowest BCUT2D eigenvalue weighted by Gasteiger charge is -2.38. The van der Waals surface area contributed by atoms with Gasteiger partial charge in [0.05, 0.1) is 19.3 Å². The van der Waals surface area contributed by atoms with Gasteiger partial charge in [-0.15, -0.1) is 0 Å². The third-order valence-electron chi connectivity index (χ3n) is 3.99. The van der Waals surface area contributed by atoms with Crippen molar-refractivity contribution in [2.24, 2.45) is 0 Å². The van der Waals surface area contributed by atoms with Crippen LogP contribution in [0, 0.1) is 0 Å². The zero-order valence-electron chi connectivity index (χ0n) is 11.8. The molecule has 2 amide bonds. The van der Waals surface area contributed by atoms with Crippen LogP contribution in [0.3, 0.4) is 0 Å². The van der Waals surface area contributed by atoms with Crippen LogP contribution in [0.1, 0.15) is 13.8 Å². The van der Waals surface area contributed by atoms with Crippen molar-refractivity contribution in [3.05, 3.63) is 0 Å². The van der Waals surface area contributed by atoms with Gasteiger partial charge < -0.3 is 14.5 Å². The van der Waals surface area contributed by atoms with Gasteiger partial charge in [0.2, 0.25) is 11.8 Å². The Hall–Kier alpha value is -1.14. The summed E-state index contributed by atoms with van der Waals surface area (Å²) in [5, 5.41) is 0. The Kier molecular flexibility index (Phi) is 4.76. The Morgan fingerprint density at radius 1 is 0.947 bits per heavy atom. The van der Waals surface area contributed by atoms with Gasteiger partial charge >= 0.3 is 0 Å². The van der Waals surface area contributed by atoms with E-state index in [9.17, 15) is 9.59 Å². The van der Waals surface area contributed by atoms with E-state index in [-0.39, 0.29) is 17.9 Å². The molecule has 2 aliphatic rings. The van der Waals surface area contributed by atoms with Gasteiger partial charge in [-0.2, -0.15) is 0 Å². The van der Waals surface area contributed by atoms with E-state index < -0.39 is 0 Å². The highest BCUT2D eigenvalue weighted by molar-refractivity contribution is 5.82. The lowest BCUT2D eigenvalue weighted by Crippen LogP contribution is -2.56. The Balaban J connectivity index is 1.84. The molecule has 0 aromatic heterocycles. The summed E-state index contributed by atoms with van der Waals surface area (Å²) in [6.45, 7) is 9.18. The average Bonchev–Trinajstić information content (AvgIpc) is 2.46. The van der Waals surface area contributed by atoms with Crippen molar-refractivity contribution in [3.63, 3.8) is 0 Å². The van der Waals surface area contributed by atoms with Crippen LogP contribution in [-0.2, 0) is 14.3 Å². The molecule has 2 fully saturated rings. The molecule has 0 aromatic carbocycles. The summed E-state index contributed by atoms with van der Waals surface area (Å²) in [5.41, 5.74) is 0. The standard InChI is InChI=1S/C13H23N3O3/c1-11(14-7-9-19-10-8-14)13(18)16-5-3-15(4-6-16)12(2)17/h11H,3-10H2,1-2H3. The van der Waals surface area contributed by atoms with Crippen LogP contribution in [0.2, 0.25) is 0 Å². The van der Waals surface area contributed by atoms with E-state index in [0.29, 0.717) is 39.4 Å². The first-order valence-corrected chi connectivity index (χ1v) is 6.95. The fraction of sp³-hybridized carbons (Fsp3) is 0.846. The van der Waals surface area contributed by atoms with E-state index in [1.807, 2.05) is 11.8 Å². The first-order valence-electron chi connectivity index (χ1n) is 6.95. The Morgan fingerprint density at radius 3 is 2.00 bits per heavy atom.